The van der Waals surface area contributed by atoms with Crippen LogP contribution < -0.4 is 0 Å². The number of rotatable bonds is 26. The van der Waals surface area contributed by atoms with Gasteiger partial charge in [-0.05, 0) is 35.2 Å². The molecule has 0 heterocycles. The first-order valence-electron chi connectivity index (χ1n) is 19.9. The van der Waals surface area contributed by atoms with E-state index in [0.717, 1.165) is 29.5 Å². The molecule has 0 saturated carbocycles. The zero-order chi connectivity index (χ0) is 35.8. The molecule has 2 atom stereocenters. The van der Waals surface area contributed by atoms with E-state index in [4.69, 9.17) is 9.47 Å². The second-order valence-corrected chi connectivity index (χ2v) is 14.0. The molecule has 0 aromatic heterocycles. The van der Waals surface area contributed by atoms with E-state index < -0.39 is 23.6 Å². The molecule has 0 amide bonds. The predicted molar refractivity (Wildman–Crippen MR) is 211 cm³/mol. The van der Waals surface area contributed by atoms with Gasteiger partial charge in [-0.1, -0.05) is 212 Å². The third kappa shape index (κ3) is 12.8. The molecule has 4 aromatic rings. The summed E-state index contributed by atoms with van der Waals surface area (Å²) in [6, 6.07) is 39.1. The zero-order valence-electron chi connectivity index (χ0n) is 31.1. The lowest BCUT2D eigenvalue weighted by atomic mass is 9.64. The fourth-order valence-electron chi connectivity index (χ4n) is 7.32. The Hall–Kier alpha value is -3.73. The Morgan fingerprint density at radius 1 is 0.529 bits per heavy atom. The molecule has 4 aromatic carbocycles. The Morgan fingerprint density at radius 3 is 1.27 bits per heavy atom. The van der Waals surface area contributed by atoms with Crippen molar-refractivity contribution in [1.29, 1.82) is 0 Å². The van der Waals surface area contributed by atoms with Crippen molar-refractivity contribution in [1.82, 2.24) is 0 Å². The summed E-state index contributed by atoms with van der Waals surface area (Å²) in [6.45, 7) is 2.93. The fourth-order valence-corrected chi connectivity index (χ4v) is 7.32. The van der Waals surface area contributed by atoms with Crippen LogP contribution in [0.1, 0.15) is 137 Å². The molecule has 0 aliphatic heterocycles. The summed E-state index contributed by atoms with van der Waals surface area (Å²) in [5, 5.41) is 12.7. The van der Waals surface area contributed by atoms with Gasteiger partial charge in [0.05, 0.1) is 17.6 Å². The van der Waals surface area contributed by atoms with Crippen molar-refractivity contribution in [3.8, 4) is 0 Å². The minimum absolute atomic E-state index is 0.0900. The highest BCUT2D eigenvalue weighted by Gasteiger charge is 2.48. The zero-order valence-corrected chi connectivity index (χ0v) is 31.1. The molecule has 0 aliphatic rings. The number of carbonyl (C=O) groups excluding carboxylic acids is 1. The normalized spacial score (nSPS) is 12.7. The molecule has 274 valence electrons. The molecule has 0 aliphatic carbocycles. The average Bonchev–Trinajstić information content (AvgIpc) is 3.18. The summed E-state index contributed by atoms with van der Waals surface area (Å²) in [5.74, 6) is -0.478. The van der Waals surface area contributed by atoms with Crippen LogP contribution in [0.15, 0.2) is 121 Å². The Morgan fingerprint density at radius 2 is 0.882 bits per heavy atom. The van der Waals surface area contributed by atoms with Crippen LogP contribution in [-0.4, -0.2) is 36.5 Å². The Kier molecular flexibility index (Phi) is 18.6. The molecule has 0 fully saturated rings. The van der Waals surface area contributed by atoms with Gasteiger partial charge in [0.2, 0.25) is 0 Å². The van der Waals surface area contributed by atoms with Gasteiger partial charge >= 0.3 is 5.97 Å². The van der Waals surface area contributed by atoms with Crippen LogP contribution in [0.25, 0.3) is 0 Å². The Bertz CT molecular complexity index is 1340. The maximum Gasteiger partial charge on any atom is 0.338 e. The number of aliphatic hydroxyl groups is 1. The van der Waals surface area contributed by atoms with Crippen LogP contribution in [0.5, 0.6) is 0 Å². The van der Waals surface area contributed by atoms with E-state index in [-0.39, 0.29) is 6.61 Å². The molecule has 4 rings (SSSR count). The minimum atomic E-state index is -1.15. The lowest BCUT2D eigenvalue weighted by Gasteiger charge is -2.42. The highest BCUT2D eigenvalue weighted by Crippen LogP contribution is 2.44. The molecule has 0 bridgehead atoms. The van der Waals surface area contributed by atoms with Crippen LogP contribution in [0.3, 0.4) is 0 Å². The SMILES string of the molecule is CCCCCCCCCCCCCCCCCCOCC(OC(=O)c1ccccc1)C(O)C(c1ccccc1)(c1ccccc1)c1ccccc1. The lowest BCUT2D eigenvalue weighted by Crippen LogP contribution is -2.51. The molecule has 0 spiro atoms. The molecule has 0 saturated heterocycles. The van der Waals surface area contributed by atoms with Gasteiger partial charge < -0.3 is 14.6 Å². The highest BCUT2D eigenvalue weighted by atomic mass is 16.6. The van der Waals surface area contributed by atoms with E-state index in [1.165, 1.54) is 89.9 Å². The van der Waals surface area contributed by atoms with Gasteiger partial charge in [0.25, 0.3) is 0 Å². The average molecular weight is 691 g/mol. The van der Waals surface area contributed by atoms with Crippen molar-refractivity contribution in [2.24, 2.45) is 0 Å². The van der Waals surface area contributed by atoms with Gasteiger partial charge in [-0.15, -0.1) is 0 Å². The van der Waals surface area contributed by atoms with Crippen molar-refractivity contribution < 1.29 is 19.4 Å². The van der Waals surface area contributed by atoms with E-state index in [9.17, 15) is 9.90 Å². The molecule has 1 N–H and O–H groups in total. The first-order valence-corrected chi connectivity index (χ1v) is 19.9. The van der Waals surface area contributed by atoms with E-state index in [2.05, 4.69) is 6.92 Å². The summed E-state index contributed by atoms with van der Waals surface area (Å²) in [6.07, 6.45) is 19.0. The summed E-state index contributed by atoms with van der Waals surface area (Å²) < 4.78 is 12.4. The molecule has 4 nitrogen and oxygen atoms in total. The lowest BCUT2D eigenvalue weighted by molar-refractivity contribution is -0.0709. The monoisotopic (exact) mass is 690 g/mol. The molecule has 0 radical (unpaired) electrons. The van der Waals surface area contributed by atoms with Crippen LogP contribution in [-0.2, 0) is 14.9 Å². The van der Waals surface area contributed by atoms with Crippen molar-refractivity contribution in [2.45, 2.75) is 127 Å². The van der Waals surface area contributed by atoms with E-state index in [0.29, 0.717) is 12.2 Å². The third-order valence-electron chi connectivity index (χ3n) is 10.2. The smallest absolute Gasteiger partial charge is 0.338 e. The van der Waals surface area contributed by atoms with Gasteiger partial charge in [-0.3, -0.25) is 0 Å². The number of benzene rings is 4. The summed E-state index contributed by atoms with van der Waals surface area (Å²) >= 11 is 0. The molecule has 2 unspecified atom stereocenters. The number of hydrogen-bond acceptors (Lipinski definition) is 4. The molecular weight excluding hydrogens is 629 g/mol. The van der Waals surface area contributed by atoms with E-state index >= 15 is 0 Å². The second-order valence-electron chi connectivity index (χ2n) is 14.0. The van der Waals surface area contributed by atoms with Gasteiger partial charge in [0.1, 0.15) is 6.10 Å². The van der Waals surface area contributed by atoms with Gasteiger partial charge in [0, 0.05) is 6.61 Å². The summed E-state index contributed by atoms with van der Waals surface area (Å²) in [7, 11) is 0. The van der Waals surface area contributed by atoms with Crippen molar-refractivity contribution in [3.63, 3.8) is 0 Å². The number of carbonyl (C=O) groups is 1. The number of hydrogen-bond donors (Lipinski definition) is 1. The standard InChI is InChI=1S/C47H62O4/c1-2-3-4-5-6-7-8-9-10-11-12-13-14-15-16-29-38-50-39-44(51-46(49)40-30-21-17-22-31-40)45(48)47(41-32-23-18-24-33-41,42-34-25-19-26-35-42)43-36-27-20-28-37-43/h17-28,30-37,44-45,48H,2-16,29,38-39H2,1H3. The topological polar surface area (TPSA) is 55.8 Å². The quantitative estimate of drug-likeness (QED) is 0.0405. The minimum Gasteiger partial charge on any atom is -0.453 e. The second kappa shape index (κ2) is 23.7. The van der Waals surface area contributed by atoms with Gasteiger partial charge in [0.15, 0.2) is 6.10 Å². The van der Waals surface area contributed by atoms with Crippen LogP contribution >= 0.6 is 0 Å². The summed E-state index contributed by atoms with van der Waals surface area (Å²) in [4.78, 5) is 13.5. The maximum absolute atomic E-state index is 13.5. The van der Waals surface area contributed by atoms with E-state index in [1.807, 2.05) is 109 Å². The molecule has 51 heavy (non-hydrogen) atoms. The highest BCUT2D eigenvalue weighted by molar-refractivity contribution is 5.89. The fraction of sp³-hybridized carbons (Fsp3) is 0.468. The van der Waals surface area contributed by atoms with Crippen molar-refractivity contribution >= 4 is 5.97 Å². The Balaban J connectivity index is 1.34. The number of ether oxygens (including phenoxy) is 2. The van der Waals surface area contributed by atoms with Crippen molar-refractivity contribution in [3.05, 3.63) is 144 Å². The first-order chi connectivity index (χ1) is 25.2. The Labute approximate surface area is 308 Å². The number of aliphatic hydroxyl groups excluding tert-OH is 1. The number of unbranched alkanes of at least 4 members (excludes halogenated alkanes) is 15. The molecular formula is C47H62O4. The number of esters is 1. The first kappa shape index (κ1) is 40.0. The largest absolute Gasteiger partial charge is 0.453 e. The summed E-state index contributed by atoms with van der Waals surface area (Å²) in [5.41, 5.74) is 2.15. The van der Waals surface area contributed by atoms with Crippen LogP contribution in [0, 0.1) is 0 Å². The van der Waals surface area contributed by atoms with Crippen LogP contribution in [0.4, 0.5) is 0 Å². The van der Waals surface area contributed by atoms with Crippen molar-refractivity contribution in [2.75, 3.05) is 13.2 Å². The van der Waals surface area contributed by atoms with Crippen LogP contribution in [0.2, 0.25) is 0 Å². The van der Waals surface area contributed by atoms with E-state index in [1.54, 1.807) is 12.1 Å². The van der Waals surface area contributed by atoms with Gasteiger partial charge in [-0.2, -0.15) is 0 Å². The molecule has 4 heteroatoms. The maximum atomic E-state index is 13.5. The van der Waals surface area contributed by atoms with Gasteiger partial charge in [-0.25, -0.2) is 4.79 Å². The third-order valence-corrected chi connectivity index (χ3v) is 10.2. The predicted octanol–water partition coefficient (Wildman–Crippen LogP) is 11.9.